The molecule has 0 unspecified atom stereocenters. The molecule has 0 saturated carbocycles. The largest absolute Gasteiger partial charge is 0.0883 e. The van der Waals surface area contributed by atoms with Crippen molar-refractivity contribution in [2.45, 2.75) is 6.92 Å². The molecule has 0 bridgehead atoms. The van der Waals surface area contributed by atoms with Gasteiger partial charge in [0.2, 0.25) is 0 Å². The summed E-state index contributed by atoms with van der Waals surface area (Å²) >= 11 is 6.78. The summed E-state index contributed by atoms with van der Waals surface area (Å²) in [7, 11) is 0. The van der Waals surface area contributed by atoms with Gasteiger partial charge in [0.25, 0.3) is 0 Å². The van der Waals surface area contributed by atoms with E-state index in [2.05, 4.69) is 69.1 Å². The minimum atomic E-state index is 0.912. The topological polar surface area (TPSA) is 0 Å². The normalized spacial score (nSPS) is 11.8. The quantitative estimate of drug-likeness (QED) is 0.714. The van der Waals surface area contributed by atoms with Gasteiger partial charge in [-0.25, -0.2) is 0 Å². The van der Waals surface area contributed by atoms with Crippen molar-refractivity contribution in [2.24, 2.45) is 0 Å². The smallest absolute Gasteiger partial charge is 0.0217 e. The van der Waals surface area contributed by atoms with Gasteiger partial charge in [-0.05, 0) is 30.2 Å². The van der Waals surface area contributed by atoms with Gasteiger partial charge in [0.05, 0.1) is 0 Å². The van der Waals surface area contributed by atoms with Gasteiger partial charge in [0, 0.05) is 9.80 Å². The summed E-state index contributed by atoms with van der Waals surface area (Å²) in [6.45, 7) is 2.12. The standard InChI is InChI=1S/C10H10Br2/c1-8(6-7-11)9-2-4-10(12)5-3-9/h2-6H,7H2,1H3/b8-6+. The molecule has 0 spiro atoms. The molecule has 1 rings (SSSR count). The maximum absolute atomic E-state index is 3.40. The minimum absolute atomic E-state index is 0.912. The van der Waals surface area contributed by atoms with Crippen molar-refractivity contribution in [3.63, 3.8) is 0 Å². The summed E-state index contributed by atoms with van der Waals surface area (Å²) in [5.41, 5.74) is 2.58. The second kappa shape index (κ2) is 4.83. The van der Waals surface area contributed by atoms with E-state index < -0.39 is 0 Å². The molecule has 64 valence electrons. The molecule has 0 aliphatic heterocycles. The van der Waals surface area contributed by atoms with E-state index in [0.29, 0.717) is 0 Å². The van der Waals surface area contributed by atoms with E-state index in [1.807, 2.05) is 0 Å². The fraction of sp³-hybridized carbons (Fsp3) is 0.200. The minimum Gasteiger partial charge on any atom is -0.0883 e. The summed E-state index contributed by atoms with van der Waals surface area (Å²) in [6.07, 6.45) is 2.16. The van der Waals surface area contributed by atoms with Gasteiger partial charge in [-0.2, -0.15) is 0 Å². The molecule has 1 aromatic rings. The Morgan fingerprint density at radius 1 is 1.33 bits per heavy atom. The highest BCUT2D eigenvalue weighted by molar-refractivity contribution is 9.10. The summed E-state index contributed by atoms with van der Waals surface area (Å²) in [4.78, 5) is 0. The Balaban J connectivity index is 2.89. The zero-order valence-electron chi connectivity index (χ0n) is 6.85. The molecule has 2 heteroatoms. The van der Waals surface area contributed by atoms with E-state index in [0.717, 1.165) is 9.80 Å². The molecule has 0 aliphatic carbocycles. The van der Waals surface area contributed by atoms with Crippen LogP contribution >= 0.6 is 31.9 Å². The lowest BCUT2D eigenvalue weighted by atomic mass is 10.1. The average molecular weight is 290 g/mol. The highest BCUT2D eigenvalue weighted by Crippen LogP contribution is 2.17. The number of alkyl halides is 1. The van der Waals surface area contributed by atoms with Crippen LogP contribution in [0.4, 0.5) is 0 Å². The van der Waals surface area contributed by atoms with Gasteiger partial charge < -0.3 is 0 Å². The van der Waals surface area contributed by atoms with E-state index in [-0.39, 0.29) is 0 Å². The molecule has 0 fully saturated rings. The van der Waals surface area contributed by atoms with Crippen molar-refractivity contribution >= 4 is 37.4 Å². The zero-order chi connectivity index (χ0) is 8.97. The molecule has 0 N–H and O–H groups in total. The first-order valence-electron chi connectivity index (χ1n) is 3.72. The molecule has 0 nitrogen and oxygen atoms in total. The van der Waals surface area contributed by atoms with Crippen molar-refractivity contribution in [1.29, 1.82) is 0 Å². The van der Waals surface area contributed by atoms with E-state index in [4.69, 9.17) is 0 Å². The molecular weight excluding hydrogens is 280 g/mol. The van der Waals surface area contributed by atoms with Crippen LogP contribution in [0.1, 0.15) is 12.5 Å². The Kier molecular flexibility index (Phi) is 4.02. The highest BCUT2D eigenvalue weighted by Gasteiger charge is 1.93. The van der Waals surface area contributed by atoms with E-state index in [1.165, 1.54) is 11.1 Å². The highest BCUT2D eigenvalue weighted by atomic mass is 79.9. The van der Waals surface area contributed by atoms with Gasteiger partial charge in [-0.15, -0.1) is 0 Å². The third-order valence-corrected chi connectivity index (χ3v) is 2.54. The van der Waals surface area contributed by atoms with E-state index >= 15 is 0 Å². The molecule has 0 radical (unpaired) electrons. The molecule has 0 aromatic heterocycles. The predicted molar refractivity (Wildman–Crippen MR) is 61.6 cm³/mol. The molecule has 1 aromatic carbocycles. The molecule has 12 heavy (non-hydrogen) atoms. The van der Waals surface area contributed by atoms with Crippen LogP contribution < -0.4 is 0 Å². The Morgan fingerprint density at radius 2 is 1.92 bits per heavy atom. The first-order chi connectivity index (χ1) is 5.74. The summed E-state index contributed by atoms with van der Waals surface area (Å²) in [5.74, 6) is 0. The van der Waals surface area contributed by atoms with Crippen LogP contribution in [0.5, 0.6) is 0 Å². The third-order valence-electron chi connectivity index (χ3n) is 1.68. The summed E-state index contributed by atoms with van der Waals surface area (Å²) < 4.78 is 1.12. The Hall–Kier alpha value is -0.0800. The molecular formula is C10H10Br2. The molecule has 0 atom stereocenters. The zero-order valence-corrected chi connectivity index (χ0v) is 10.0. The van der Waals surface area contributed by atoms with Gasteiger partial charge in [-0.3, -0.25) is 0 Å². The summed E-state index contributed by atoms with van der Waals surface area (Å²) in [5, 5.41) is 0.912. The first kappa shape index (κ1) is 10.0. The van der Waals surface area contributed by atoms with Crippen LogP contribution in [0.25, 0.3) is 5.57 Å². The first-order valence-corrected chi connectivity index (χ1v) is 5.64. The lowest BCUT2D eigenvalue weighted by Crippen LogP contribution is -1.78. The fourth-order valence-corrected chi connectivity index (χ4v) is 1.70. The van der Waals surface area contributed by atoms with Crippen LogP contribution in [0, 0.1) is 0 Å². The maximum Gasteiger partial charge on any atom is 0.0217 e. The molecule has 0 saturated heterocycles. The maximum atomic E-state index is 3.40. The van der Waals surface area contributed by atoms with Gasteiger partial charge in [0.1, 0.15) is 0 Å². The number of hydrogen-bond acceptors (Lipinski definition) is 0. The fourth-order valence-electron chi connectivity index (χ4n) is 0.946. The van der Waals surface area contributed by atoms with Crippen molar-refractivity contribution < 1.29 is 0 Å². The number of rotatable bonds is 2. The molecule has 0 amide bonds. The van der Waals surface area contributed by atoms with Crippen molar-refractivity contribution in [2.75, 3.05) is 5.33 Å². The van der Waals surface area contributed by atoms with Crippen molar-refractivity contribution in [3.8, 4) is 0 Å². The number of halogens is 2. The average Bonchev–Trinajstić information content (AvgIpc) is 2.06. The van der Waals surface area contributed by atoms with Crippen LogP contribution in [0.15, 0.2) is 34.8 Å². The van der Waals surface area contributed by atoms with Gasteiger partial charge >= 0.3 is 0 Å². The number of benzene rings is 1. The van der Waals surface area contributed by atoms with E-state index in [9.17, 15) is 0 Å². The van der Waals surface area contributed by atoms with Crippen LogP contribution in [0.3, 0.4) is 0 Å². The second-order valence-corrected chi connectivity index (χ2v) is 4.11. The summed E-state index contributed by atoms with van der Waals surface area (Å²) in [6, 6.07) is 8.33. The monoisotopic (exact) mass is 288 g/mol. The van der Waals surface area contributed by atoms with Crippen molar-refractivity contribution in [1.82, 2.24) is 0 Å². The second-order valence-electron chi connectivity index (χ2n) is 2.55. The number of allylic oxidation sites excluding steroid dienone is 2. The number of hydrogen-bond donors (Lipinski definition) is 0. The van der Waals surface area contributed by atoms with Gasteiger partial charge in [-0.1, -0.05) is 50.1 Å². The third kappa shape index (κ3) is 2.76. The Bertz CT molecular complexity index is 272. The Labute approximate surface area is 89.9 Å². The van der Waals surface area contributed by atoms with Gasteiger partial charge in [0.15, 0.2) is 0 Å². The molecule has 0 heterocycles. The molecule has 0 aliphatic rings. The van der Waals surface area contributed by atoms with Crippen molar-refractivity contribution in [3.05, 3.63) is 40.4 Å². The lowest BCUT2D eigenvalue weighted by Gasteiger charge is -2.00. The van der Waals surface area contributed by atoms with Crippen LogP contribution in [0.2, 0.25) is 0 Å². The van der Waals surface area contributed by atoms with Crippen LogP contribution in [-0.4, -0.2) is 5.33 Å². The van der Waals surface area contributed by atoms with E-state index in [1.54, 1.807) is 0 Å². The lowest BCUT2D eigenvalue weighted by molar-refractivity contribution is 1.53. The predicted octanol–water partition coefficient (Wildman–Crippen LogP) is 4.25. The Morgan fingerprint density at radius 3 is 2.42 bits per heavy atom. The van der Waals surface area contributed by atoms with Crippen LogP contribution in [-0.2, 0) is 0 Å². The SMILES string of the molecule is C/C(=C\CBr)c1ccc(Br)cc1.